The Morgan fingerprint density at radius 3 is 0.214 bits per heavy atom. The van der Waals surface area contributed by atoms with Crippen LogP contribution in [0.5, 0.6) is 0 Å². The average Bonchev–Trinajstić information content (AvgIpc) is 3.49. The van der Waals surface area contributed by atoms with Crippen molar-refractivity contribution in [2.24, 2.45) is 0 Å². The van der Waals surface area contributed by atoms with E-state index >= 15 is 0 Å². The summed E-state index contributed by atoms with van der Waals surface area (Å²) in [7, 11) is 0. The van der Waals surface area contributed by atoms with E-state index < -0.39 is 0 Å². The topological polar surface area (TPSA) is 0 Å². The minimum atomic E-state index is 0.913. The molecule has 0 amide bonds. The van der Waals surface area contributed by atoms with Gasteiger partial charge in [-0.25, -0.2) is 0 Å². The van der Waals surface area contributed by atoms with E-state index in [-0.39, 0.29) is 0 Å². The third-order valence-electron chi connectivity index (χ3n) is 16.8. The highest BCUT2D eigenvalue weighted by Gasteiger charge is 2.11. The molecule has 24 bridgehead atoms. The van der Waals surface area contributed by atoms with Crippen molar-refractivity contribution in [1.82, 2.24) is 0 Å². The summed E-state index contributed by atoms with van der Waals surface area (Å²) in [5.74, 6) is 0. The fourth-order valence-electron chi connectivity index (χ4n) is 13.0. The molecule has 12 aromatic rings. The Bertz CT molecular complexity index is 3040. The standard InChI is InChI=1S/C84H72/c1-13-61-37-62(14-1)50-64-16-3-18-66(39-64)52-68-20-5-22-70(41-68)54-72-24-7-26-74(43-72)56-76-28-9-30-78(45-76)58-80-32-11-34-82(47-80)60-84-36-12-35-83(48-84)59-81-33-10-31-79(46-81)57-77-29-8-27-75(44-77)55-73-25-6-23-71(42-73)53-69-21-4-19-67(40-69)51-65-17-2-15-63(38-65)49-61/h1-48H,49-60H2. The van der Waals surface area contributed by atoms with E-state index in [9.17, 15) is 0 Å². The van der Waals surface area contributed by atoms with Crippen LogP contribution in [0.1, 0.15) is 134 Å². The molecule has 0 N–H and O–H groups in total. The highest BCUT2D eigenvalue weighted by molar-refractivity contribution is 5.44. The molecule has 0 aromatic heterocycles. The van der Waals surface area contributed by atoms with Crippen LogP contribution in [0.3, 0.4) is 0 Å². The fourth-order valence-corrected chi connectivity index (χ4v) is 13.0. The Labute approximate surface area is 498 Å². The van der Waals surface area contributed by atoms with E-state index in [1.54, 1.807) is 0 Å². The van der Waals surface area contributed by atoms with E-state index in [1.165, 1.54) is 134 Å². The predicted octanol–water partition coefficient (Wildman–Crippen LogP) is 19.1. The molecule has 0 radical (unpaired) electrons. The molecule has 1 aliphatic carbocycles. The lowest BCUT2D eigenvalue weighted by Gasteiger charge is -2.11. The lowest BCUT2D eigenvalue weighted by atomic mass is 9.94. The minimum absolute atomic E-state index is 0.913. The SMILES string of the molecule is c1cc2cc(c1)Cc1cccc(c1)Cc1cccc(c1)Cc1cccc(c1)Cc1cccc(c1)Cc1cccc(c1)Cc1cccc(c1)Cc1cccc(c1)Cc1cccc(c1)Cc1cccc(c1)Cc1cccc(c1)Cc1cccc(c1)C2. The first-order valence-electron chi connectivity index (χ1n) is 30.3. The molecule has 408 valence electrons. The number of benzene rings is 12. The van der Waals surface area contributed by atoms with Crippen molar-refractivity contribution in [3.05, 3.63) is 425 Å². The van der Waals surface area contributed by atoms with Gasteiger partial charge in [-0.2, -0.15) is 0 Å². The second-order valence-electron chi connectivity index (χ2n) is 24.0. The third kappa shape index (κ3) is 14.8. The minimum Gasteiger partial charge on any atom is -0.0617 e. The molecule has 0 heterocycles. The van der Waals surface area contributed by atoms with Crippen molar-refractivity contribution >= 4 is 0 Å². The zero-order valence-electron chi connectivity index (χ0n) is 48.2. The van der Waals surface area contributed by atoms with Crippen molar-refractivity contribution in [2.45, 2.75) is 77.0 Å². The van der Waals surface area contributed by atoms with Gasteiger partial charge in [-0.3, -0.25) is 0 Å². The Balaban J connectivity index is 0.745. The van der Waals surface area contributed by atoms with Gasteiger partial charge in [0.25, 0.3) is 0 Å². The molecule has 1 aliphatic rings. The maximum absolute atomic E-state index is 2.41. The van der Waals surface area contributed by atoms with E-state index in [1.807, 2.05) is 0 Å². The van der Waals surface area contributed by atoms with E-state index in [0.717, 1.165) is 77.0 Å². The quantitative estimate of drug-likeness (QED) is 0.142. The van der Waals surface area contributed by atoms with Crippen LogP contribution in [0.15, 0.2) is 291 Å². The smallest absolute Gasteiger partial charge is 0.00256 e. The van der Waals surface area contributed by atoms with Crippen LogP contribution in [0, 0.1) is 0 Å². The molecule has 0 unspecified atom stereocenters. The summed E-state index contributed by atoms with van der Waals surface area (Å²) < 4.78 is 0. The summed E-state index contributed by atoms with van der Waals surface area (Å²) >= 11 is 0. The number of hydrogen-bond acceptors (Lipinski definition) is 0. The van der Waals surface area contributed by atoms with Crippen LogP contribution in [0.25, 0.3) is 0 Å². The van der Waals surface area contributed by atoms with E-state index in [0.29, 0.717) is 0 Å². The van der Waals surface area contributed by atoms with Gasteiger partial charge in [-0.1, -0.05) is 291 Å². The number of hydrogen-bond donors (Lipinski definition) is 0. The molecule has 0 heteroatoms. The molecule has 0 fully saturated rings. The maximum atomic E-state index is 2.41. The third-order valence-corrected chi connectivity index (χ3v) is 16.8. The van der Waals surface area contributed by atoms with Crippen molar-refractivity contribution in [3.63, 3.8) is 0 Å². The highest BCUT2D eigenvalue weighted by Crippen LogP contribution is 2.26. The van der Waals surface area contributed by atoms with Crippen molar-refractivity contribution in [1.29, 1.82) is 0 Å². The van der Waals surface area contributed by atoms with Gasteiger partial charge >= 0.3 is 0 Å². The predicted molar refractivity (Wildman–Crippen MR) is 351 cm³/mol. The van der Waals surface area contributed by atoms with Crippen molar-refractivity contribution in [2.75, 3.05) is 0 Å². The van der Waals surface area contributed by atoms with Crippen molar-refractivity contribution in [3.8, 4) is 0 Å². The fraction of sp³-hybridized carbons (Fsp3) is 0.143. The summed E-state index contributed by atoms with van der Waals surface area (Å²) in [4.78, 5) is 0. The van der Waals surface area contributed by atoms with Gasteiger partial charge in [0.05, 0.1) is 0 Å². The molecule has 84 heavy (non-hydrogen) atoms. The molecular formula is C84H72. The molecule has 0 spiro atoms. The van der Waals surface area contributed by atoms with Gasteiger partial charge in [0.2, 0.25) is 0 Å². The molecule has 13 rings (SSSR count). The van der Waals surface area contributed by atoms with Gasteiger partial charge < -0.3 is 0 Å². The van der Waals surface area contributed by atoms with Crippen LogP contribution in [0.2, 0.25) is 0 Å². The molecule has 0 nitrogen and oxygen atoms in total. The Hall–Kier alpha value is -9.36. The van der Waals surface area contributed by atoms with E-state index in [2.05, 4.69) is 291 Å². The Morgan fingerprint density at radius 1 is 0.0952 bits per heavy atom. The number of fused-ring (bicyclic) bond motifs is 24. The number of rotatable bonds is 0. The molecule has 0 atom stereocenters. The van der Waals surface area contributed by atoms with Crippen LogP contribution in [0.4, 0.5) is 0 Å². The molecular weight excluding hydrogens is 1010 g/mol. The summed E-state index contributed by atoms with van der Waals surface area (Å²) in [6.07, 6.45) is 11.0. The first kappa shape index (κ1) is 53.9. The van der Waals surface area contributed by atoms with Gasteiger partial charge in [0, 0.05) is 0 Å². The molecule has 0 aliphatic heterocycles. The summed E-state index contributed by atoms with van der Waals surface area (Å²) in [5, 5.41) is 0. The first-order valence-corrected chi connectivity index (χ1v) is 30.3. The second kappa shape index (κ2) is 25.8. The van der Waals surface area contributed by atoms with E-state index in [4.69, 9.17) is 0 Å². The van der Waals surface area contributed by atoms with Crippen LogP contribution in [-0.2, 0) is 77.0 Å². The van der Waals surface area contributed by atoms with Gasteiger partial charge in [0.15, 0.2) is 0 Å². The monoisotopic (exact) mass is 1080 g/mol. The summed E-state index contributed by atoms with van der Waals surface area (Å²) in [6.45, 7) is 0. The maximum Gasteiger partial charge on any atom is -0.00256 e. The molecule has 12 aromatic carbocycles. The first-order chi connectivity index (χ1) is 41.4. The normalized spacial score (nSPS) is 13.1. The summed E-state index contributed by atoms with van der Waals surface area (Å²) in [5.41, 5.74) is 32.4. The van der Waals surface area contributed by atoms with Gasteiger partial charge in [-0.05, 0) is 211 Å². The second-order valence-corrected chi connectivity index (χ2v) is 24.0. The van der Waals surface area contributed by atoms with Crippen LogP contribution in [-0.4, -0.2) is 0 Å². The summed E-state index contributed by atoms with van der Waals surface area (Å²) in [6, 6.07) is 111. The van der Waals surface area contributed by atoms with Crippen LogP contribution >= 0.6 is 0 Å². The van der Waals surface area contributed by atoms with Gasteiger partial charge in [0.1, 0.15) is 0 Å². The lowest BCUT2D eigenvalue weighted by Crippen LogP contribution is -1.97. The molecule has 0 saturated heterocycles. The zero-order chi connectivity index (χ0) is 56.3. The average molecular weight is 1080 g/mol. The Morgan fingerprint density at radius 2 is 0.155 bits per heavy atom. The molecule has 0 saturated carbocycles. The Kier molecular flexibility index (Phi) is 16.6. The van der Waals surface area contributed by atoms with Crippen LogP contribution < -0.4 is 0 Å². The van der Waals surface area contributed by atoms with Gasteiger partial charge in [-0.15, -0.1) is 0 Å². The van der Waals surface area contributed by atoms with Crippen molar-refractivity contribution < 1.29 is 0 Å². The lowest BCUT2D eigenvalue weighted by molar-refractivity contribution is 1.09. The largest absolute Gasteiger partial charge is 0.0617 e. The zero-order valence-corrected chi connectivity index (χ0v) is 48.2. The highest BCUT2D eigenvalue weighted by atomic mass is 14.2.